The first-order valence-electron chi connectivity index (χ1n) is 16.5. The summed E-state index contributed by atoms with van der Waals surface area (Å²) in [5.41, 5.74) is 1.10. The molecule has 1 aromatic carbocycles. The maximum absolute atomic E-state index is 13.8. The molecule has 0 aromatic heterocycles. The van der Waals surface area contributed by atoms with E-state index in [-0.39, 0.29) is 18.2 Å². The highest BCUT2D eigenvalue weighted by Gasteiger charge is 2.54. The average Bonchev–Trinajstić information content (AvgIpc) is 3.05. The van der Waals surface area contributed by atoms with Gasteiger partial charge in [-0.25, -0.2) is 4.79 Å². The zero-order valence-corrected chi connectivity index (χ0v) is 27.0. The number of aliphatic hydroxyl groups excluding tert-OH is 1. The van der Waals surface area contributed by atoms with Gasteiger partial charge in [0.25, 0.3) is 11.7 Å². The molecule has 45 heavy (non-hydrogen) atoms. The number of ether oxygens (including phenoxy) is 2. The number of hydrogen-bond donors (Lipinski definition) is 2. The Bertz CT molecular complexity index is 1260. The molecule has 1 amide bonds. The SMILES string of the molecule is CC[C@H](Cc1ccccc1)[C@@H]1/C=C/C/C=C/C(=O)[C@@H](C)[C@H](O)[C@@H](C)[C@@H]2CC[C@@H](C)[C@@](O)(O2)C(=O)C(=O)N2CCCCC2C(=O)O1. The van der Waals surface area contributed by atoms with Gasteiger partial charge in [0, 0.05) is 30.2 Å². The third-order valence-corrected chi connectivity index (χ3v) is 9.99. The number of hydrogen-bond acceptors (Lipinski definition) is 8. The van der Waals surface area contributed by atoms with E-state index in [2.05, 4.69) is 0 Å². The smallest absolute Gasteiger partial charge is 0.329 e. The monoisotopic (exact) mass is 623 g/mol. The Kier molecular flexibility index (Phi) is 11.9. The van der Waals surface area contributed by atoms with E-state index in [0.717, 1.165) is 5.56 Å². The lowest BCUT2D eigenvalue weighted by molar-refractivity contribution is -0.274. The highest BCUT2D eigenvalue weighted by molar-refractivity contribution is 6.39. The van der Waals surface area contributed by atoms with Gasteiger partial charge in [-0.1, -0.05) is 70.2 Å². The molecule has 0 radical (unpaired) electrons. The standard InChI is InChI=1S/C36H49NO8/c1-5-27(22-26-14-8-6-9-15-26)31-18-11-7-10-17-29(38)24(3)32(39)25(4)30-20-19-23(2)36(43,45-30)33(40)34(41)37-21-13-12-16-28(37)35(42)44-31/h6,8-11,14-15,17-18,23-25,27-28,30-32,39,43H,5,7,12-13,16,19-22H2,1-4H3/b17-10+,18-11+/t23-,24-,25+,27-,28?,30+,31+,32+,36-/m1/s1. The van der Waals surface area contributed by atoms with Crippen molar-refractivity contribution >= 4 is 23.4 Å². The van der Waals surface area contributed by atoms with Crippen LogP contribution in [0.1, 0.15) is 78.2 Å². The van der Waals surface area contributed by atoms with E-state index < -0.39 is 65.6 Å². The third kappa shape index (κ3) is 7.99. The van der Waals surface area contributed by atoms with E-state index in [1.807, 2.05) is 49.4 Å². The van der Waals surface area contributed by atoms with Gasteiger partial charge in [-0.3, -0.25) is 14.4 Å². The number of carbonyl (C=O) groups excluding carboxylic acids is 4. The Morgan fingerprint density at radius 1 is 1.00 bits per heavy atom. The van der Waals surface area contributed by atoms with E-state index >= 15 is 0 Å². The van der Waals surface area contributed by atoms with Gasteiger partial charge in [-0.15, -0.1) is 0 Å². The summed E-state index contributed by atoms with van der Waals surface area (Å²) in [5, 5.41) is 22.7. The normalized spacial score (nSPS) is 36.1. The van der Waals surface area contributed by atoms with Crippen LogP contribution in [-0.2, 0) is 35.1 Å². The van der Waals surface area contributed by atoms with Crippen LogP contribution in [0, 0.1) is 23.7 Å². The van der Waals surface area contributed by atoms with Gasteiger partial charge in [0.2, 0.25) is 5.79 Å². The lowest BCUT2D eigenvalue weighted by atomic mass is 9.80. The van der Waals surface area contributed by atoms with Crippen LogP contribution >= 0.6 is 0 Å². The van der Waals surface area contributed by atoms with Crippen molar-refractivity contribution in [3.63, 3.8) is 0 Å². The molecule has 9 heteroatoms. The number of rotatable bonds is 4. The fourth-order valence-electron chi connectivity index (χ4n) is 6.75. The molecule has 2 bridgehead atoms. The molecule has 246 valence electrons. The molecule has 9 atom stereocenters. The average molecular weight is 624 g/mol. The van der Waals surface area contributed by atoms with Crippen molar-refractivity contribution in [2.45, 2.75) is 109 Å². The summed E-state index contributed by atoms with van der Waals surface area (Å²) in [7, 11) is 0. The van der Waals surface area contributed by atoms with Crippen LogP contribution in [-0.4, -0.2) is 75.2 Å². The van der Waals surface area contributed by atoms with Crippen LogP contribution in [0.25, 0.3) is 0 Å². The number of amides is 1. The Balaban J connectivity index is 1.69. The molecule has 0 spiro atoms. The third-order valence-electron chi connectivity index (χ3n) is 9.99. The highest BCUT2D eigenvalue weighted by atomic mass is 16.6. The molecule has 2 N–H and O–H groups in total. The van der Waals surface area contributed by atoms with Crippen molar-refractivity contribution in [1.29, 1.82) is 0 Å². The second-order valence-corrected chi connectivity index (χ2v) is 13.0. The van der Waals surface area contributed by atoms with Gasteiger partial charge in [-0.2, -0.15) is 0 Å². The molecule has 9 nitrogen and oxygen atoms in total. The van der Waals surface area contributed by atoms with Gasteiger partial charge in [0.05, 0.1) is 12.2 Å². The molecule has 3 aliphatic rings. The summed E-state index contributed by atoms with van der Waals surface area (Å²) in [6.07, 6.45) is 8.62. The van der Waals surface area contributed by atoms with Crippen molar-refractivity contribution < 1.29 is 38.9 Å². The summed E-state index contributed by atoms with van der Waals surface area (Å²) >= 11 is 0. The first-order valence-corrected chi connectivity index (χ1v) is 16.5. The summed E-state index contributed by atoms with van der Waals surface area (Å²) in [5.74, 6) is -7.50. The quantitative estimate of drug-likeness (QED) is 0.288. The fourth-order valence-corrected chi connectivity index (χ4v) is 6.75. The van der Waals surface area contributed by atoms with E-state index in [1.54, 1.807) is 26.8 Å². The molecule has 4 rings (SSSR count). The van der Waals surface area contributed by atoms with E-state index in [1.165, 1.54) is 11.0 Å². The Morgan fingerprint density at radius 3 is 2.44 bits per heavy atom. The lowest BCUT2D eigenvalue weighted by Gasteiger charge is -2.44. The van der Waals surface area contributed by atoms with Crippen molar-refractivity contribution in [2.75, 3.05) is 6.54 Å². The number of esters is 1. The minimum Gasteiger partial charge on any atom is -0.456 e. The first-order chi connectivity index (χ1) is 21.5. The number of benzene rings is 1. The minimum absolute atomic E-state index is 0.0625. The summed E-state index contributed by atoms with van der Waals surface area (Å²) in [4.78, 5) is 55.5. The number of cyclic esters (lactones) is 1. The van der Waals surface area contributed by atoms with Crippen LogP contribution < -0.4 is 0 Å². The maximum Gasteiger partial charge on any atom is 0.329 e. The fraction of sp³-hybridized carbons (Fsp3) is 0.611. The van der Waals surface area contributed by atoms with Gasteiger partial charge in [0.1, 0.15) is 12.1 Å². The van der Waals surface area contributed by atoms with Crippen molar-refractivity contribution in [2.24, 2.45) is 23.7 Å². The van der Waals surface area contributed by atoms with Gasteiger partial charge in [0.15, 0.2) is 5.78 Å². The van der Waals surface area contributed by atoms with Crippen LogP contribution in [0.3, 0.4) is 0 Å². The summed E-state index contributed by atoms with van der Waals surface area (Å²) in [6, 6.07) is 8.96. The predicted octanol–water partition coefficient (Wildman–Crippen LogP) is 4.34. The zero-order chi connectivity index (χ0) is 32.7. The Labute approximate surface area is 266 Å². The molecule has 2 saturated heterocycles. The van der Waals surface area contributed by atoms with E-state index in [9.17, 15) is 29.4 Å². The Hall–Kier alpha value is -3.14. The zero-order valence-electron chi connectivity index (χ0n) is 27.0. The number of piperidine rings is 1. The van der Waals surface area contributed by atoms with E-state index in [0.29, 0.717) is 51.4 Å². The number of aliphatic hydroxyl groups is 2. The number of fused-ring (bicyclic) bond motifs is 3. The van der Waals surface area contributed by atoms with Crippen LogP contribution in [0.15, 0.2) is 54.6 Å². The van der Waals surface area contributed by atoms with Crippen LogP contribution in [0.2, 0.25) is 0 Å². The maximum atomic E-state index is 13.8. The number of Topliss-reactive ketones (excluding diaryl/α,β-unsaturated/α-hetero) is 1. The van der Waals surface area contributed by atoms with Crippen LogP contribution in [0.5, 0.6) is 0 Å². The topological polar surface area (TPSA) is 130 Å². The van der Waals surface area contributed by atoms with Crippen molar-refractivity contribution in [3.05, 3.63) is 60.2 Å². The van der Waals surface area contributed by atoms with Crippen molar-refractivity contribution in [3.8, 4) is 0 Å². The summed E-state index contributed by atoms with van der Waals surface area (Å²) in [6.45, 7) is 7.21. The first kappa shape index (κ1) is 34.7. The number of allylic oxidation sites excluding steroid dienone is 3. The lowest BCUT2D eigenvalue weighted by Crippen LogP contribution is -2.61. The molecule has 1 unspecified atom stereocenters. The molecule has 2 fully saturated rings. The van der Waals surface area contributed by atoms with Crippen LogP contribution in [0.4, 0.5) is 0 Å². The van der Waals surface area contributed by atoms with E-state index in [4.69, 9.17) is 9.47 Å². The van der Waals surface area contributed by atoms with Gasteiger partial charge < -0.3 is 24.6 Å². The Morgan fingerprint density at radius 2 is 1.73 bits per heavy atom. The number of ketones is 2. The number of nitrogens with zero attached hydrogens (tertiary/aromatic N) is 1. The minimum atomic E-state index is -2.43. The second-order valence-electron chi connectivity index (χ2n) is 13.0. The van der Waals surface area contributed by atoms with Crippen molar-refractivity contribution in [1.82, 2.24) is 4.90 Å². The summed E-state index contributed by atoms with van der Waals surface area (Å²) < 4.78 is 12.1. The molecule has 0 aliphatic carbocycles. The molecule has 3 heterocycles. The largest absolute Gasteiger partial charge is 0.456 e. The predicted molar refractivity (Wildman–Crippen MR) is 169 cm³/mol. The molecule has 0 saturated carbocycles. The number of carbonyl (C=O) groups is 4. The second kappa shape index (κ2) is 15.4. The van der Waals surface area contributed by atoms with Gasteiger partial charge >= 0.3 is 5.97 Å². The molecule has 1 aromatic rings. The van der Waals surface area contributed by atoms with Gasteiger partial charge in [-0.05, 0) is 69.1 Å². The molecular formula is C36H49NO8. The molecular weight excluding hydrogens is 574 g/mol. The highest BCUT2D eigenvalue weighted by Crippen LogP contribution is 2.38. The molecule has 3 aliphatic heterocycles.